The molecule has 5 heteroatoms. The SMILES string of the molecule is CN(C)CCCN1C(=O)COc2ccc(CO)cc21. The number of hydrogen-bond donors (Lipinski definition) is 1. The van der Waals surface area contributed by atoms with E-state index >= 15 is 0 Å². The van der Waals surface area contributed by atoms with Crippen LogP contribution in [-0.2, 0) is 11.4 Å². The Hall–Kier alpha value is -1.59. The molecule has 0 spiro atoms. The van der Waals surface area contributed by atoms with Crippen molar-refractivity contribution in [2.24, 2.45) is 0 Å². The summed E-state index contributed by atoms with van der Waals surface area (Å²) in [5.41, 5.74) is 1.55. The van der Waals surface area contributed by atoms with Gasteiger partial charge in [0, 0.05) is 6.54 Å². The van der Waals surface area contributed by atoms with Gasteiger partial charge in [-0.1, -0.05) is 6.07 Å². The Kier molecular flexibility index (Phi) is 4.39. The van der Waals surface area contributed by atoms with Gasteiger partial charge < -0.3 is 19.6 Å². The third-order valence-electron chi connectivity index (χ3n) is 3.14. The van der Waals surface area contributed by atoms with Gasteiger partial charge in [0.2, 0.25) is 0 Å². The summed E-state index contributed by atoms with van der Waals surface area (Å²) in [6, 6.07) is 5.45. The van der Waals surface area contributed by atoms with Crippen molar-refractivity contribution in [1.82, 2.24) is 4.90 Å². The summed E-state index contributed by atoms with van der Waals surface area (Å²) in [5, 5.41) is 9.19. The quantitative estimate of drug-likeness (QED) is 0.857. The van der Waals surface area contributed by atoms with Crippen LogP contribution in [0.5, 0.6) is 5.75 Å². The lowest BCUT2D eigenvalue weighted by molar-refractivity contribution is -0.121. The number of carbonyl (C=O) groups excluding carboxylic acids is 1. The van der Waals surface area contributed by atoms with E-state index in [1.54, 1.807) is 4.90 Å². The minimum absolute atomic E-state index is 0.0265. The summed E-state index contributed by atoms with van der Waals surface area (Å²) in [5.74, 6) is 0.683. The molecule has 1 aliphatic rings. The molecule has 0 aliphatic carbocycles. The van der Waals surface area contributed by atoms with Crippen molar-refractivity contribution in [3.8, 4) is 5.75 Å². The summed E-state index contributed by atoms with van der Waals surface area (Å²) in [4.78, 5) is 15.8. The van der Waals surface area contributed by atoms with E-state index < -0.39 is 0 Å². The van der Waals surface area contributed by atoms with Gasteiger partial charge in [0.15, 0.2) is 6.61 Å². The molecule has 19 heavy (non-hydrogen) atoms. The number of fused-ring (bicyclic) bond motifs is 1. The van der Waals surface area contributed by atoms with Gasteiger partial charge >= 0.3 is 0 Å². The number of nitrogens with zero attached hydrogens (tertiary/aromatic N) is 2. The third-order valence-corrected chi connectivity index (χ3v) is 3.14. The largest absolute Gasteiger partial charge is 0.482 e. The van der Waals surface area contributed by atoms with Gasteiger partial charge in [0.1, 0.15) is 5.75 Å². The highest BCUT2D eigenvalue weighted by atomic mass is 16.5. The molecule has 0 saturated carbocycles. The Morgan fingerprint density at radius 3 is 2.89 bits per heavy atom. The minimum Gasteiger partial charge on any atom is -0.482 e. The second-order valence-electron chi connectivity index (χ2n) is 4.95. The number of aliphatic hydroxyl groups excluding tert-OH is 1. The van der Waals surface area contributed by atoms with Crippen LogP contribution in [0.15, 0.2) is 18.2 Å². The molecule has 104 valence electrons. The fraction of sp³-hybridized carbons (Fsp3) is 0.500. The van der Waals surface area contributed by atoms with Crippen molar-refractivity contribution >= 4 is 11.6 Å². The van der Waals surface area contributed by atoms with Crippen LogP contribution in [0.2, 0.25) is 0 Å². The van der Waals surface area contributed by atoms with Crippen molar-refractivity contribution in [2.45, 2.75) is 13.0 Å². The standard InChI is InChI=1S/C14H20N2O3/c1-15(2)6-3-7-16-12-8-11(9-17)4-5-13(12)19-10-14(16)18/h4-5,8,17H,3,6-7,9-10H2,1-2H3. The number of rotatable bonds is 5. The number of ether oxygens (including phenoxy) is 1. The first-order valence-electron chi connectivity index (χ1n) is 6.43. The molecule has 1 aromatic carbocycles. The fourth-order valence-corrected chi connectivity index (χ4v) is 2.14. The summed E-state index contributed by atoms with van der Waals surface area (Å²) in [6.07, 6.45) is 0.904. The maximum Gasteiger partial charge on any atom is 0.265 e. The van der Waals surface area contributed by atoms with Gasteiger partial charge in [0.05, 0.1) is 12.3 Å². The zero-order valence-corrected chi connectivity index (χ0v) is 11.4. The maximum atomic E-state index is 12.0. The summed E-state index contributed by atoms with van der Waals surface area (Å²) >= 11 is 0. The molecular formula is C14H20N2O3. The van der Waals surface area contributed by atoms with Gasteiger partial charge in [-0.3, -0.25) is 4.79 Å². The lowest BCUT2D eigenvalue weighted by atomic mass is 10.1. The highest BCUT2D eigenvalue weighted by Crippen LogP contribution is 2.33. The zero-order valence-electron chi connectivity index (χ0n) is 11.4. The van der Waals surface area contributed by atoms with Crippen molar-refractivity contribution in [3.05, 3.63) is 23.8 Å². The Morgan fingerprint density at radius 2 is 2.21 bits per heavy atom. The first kappa shape index (κ1) is 13.8. The van der Waals surface area contributed by atoms with E-state index in [4.69, 9.17) is 4.74 Å². The van der Waals surface area contributed by atoms with Crippen LogP contribution in [0.4, 0.5) is 5.69 Å². The summed E-state index contributed by atoms with van der Waals surface area (Å²) in [7, 11) is 4.03. The molecule has 1 aliphatic heterocycles. The van der Waals surface area contributed by atoms with Crippen LogP contribution in [-0.4, -0.2) is 49.7 Å². The second-order valence-corrected chi connectivity index (χ2v) is 4.95. The molecule has 0 aromatic heterocycles. The van der Waals surface area contributed by atoms with E-state index in [1.165, 1.54) is 0 Å². The number of anilines is 1. The molecule has 0 unspecified atom stereocenters. The van der Waals surface area contributed by atoms with Crippen LogP contribution >= 0.6 is 0 Å². The topological polar surface area (TPSA) is 53.0 Å². The average Bonchev–Trinajstić information content (AvgIpc) is 2.40. The van der Waals surface area contributed by atoms with Crippen LogP contribution in [0.1, 0.15) is 12.0 Å². The normalized spacial score (nSPS) is 14.5. The minimum atomic E-state index is -0.0347. The van der Waals surface area contributed by atoms with Crippen LogP contribution in [0.25, 0.3) is 0 Å². The van der Waals surface area contributed by atoms with Crippen molar-refractivity contribution in [1.29, 1.82) is 0 Å². The van der Waals surface area contributed by atoms with Gasteiger partial charge in [-0.25, -0.2) is 0 Å². The Morgan fingerprint density at radius 1 is 1.42 bits per heavy atom. The number of aliphatic hydroxyl groups is 1. The lowest BCUT2D eigenvalue weighted by Crippen LogP contribution is -2.40. The molecule has 0 bridgehead atoms. The number of carbonyl (C=O) groups is 1. The van der Waals surface area contributed by atoms with Gasteiger partial charge in [-0.05, 0) is 44.8 Å². The molecule has 1 N–H and O–H groups in total. The number of hydrogen-bond acceptors (Lipinski definition) is 4. The van der Waals surface area contributed by atoms with E-state index in [0.717, 1.165) is 24.2 Å². The van der Waals surface area contributed by atoms with E-state index in [-0.39, 0.29) is 19.1 Å². The van der Waals surface area contributed by atoms with Crippen molar-refractivity contribution in [2.75, 3.05) is 38.7 Å². The van der Waals surface area contributed by atoms with Crippen LogP contribution < -0.4 is 9.64 Å². The predicted octanol–water partition coefficient (Wildman–Crippen LogP) is 0.856. The monoisotopic (exact) mass is 264 g/mol. The highest BCUT2D eigenvalue weighted by Gasteiger charge is 2.25. The van der Waals surface area contributed by atoms with Crippen LogP contribution in [0.3, 0.4) is 0 Å². The van der Waals surface area contributed by atoms with Crippen LogP contribution in [0, 0.1) is 0 Å². The third kappa shape index (κ3) is 3.24. The van der Waals surface area contributed by atoms with Crippen molar-refractivity contribution < 1.29 is 14.6 Å². The molecule has 2 rings (SSSR count). The highest BCUT2D eigenvalue weighted by molar-refractivity contribution is 5.97. The summed E-state index contributed by atoms with van der Waals surface area (Å²) in [6.45, 7) is 1.66. The fourth-order valence-electron chi connectivity index (χ4n) is 2.14. The Labute approximate surface area is 113 Å². The molecule has 0 saturated heterocycles. The van der Waals surface area contributed by atoms with Gasteiger partial charge in [-0.2, -0.15) is 0 Å². The smallest absolute Gasteiger partial charge is 0.265 e. The second kappa shape index (κ2) is 6.04. The molecule has 0 fully saturated rings. The van der Waals surface area contributed by atoms with E-state index in [2.05, 4.69) is 4.90 Å². The Bertz CT molecular complexity index is 460. The molecule has 1 heterocycles. The lowest BCUT2D eigenvalue weighted by Gasteiger charge is -2.30. The van der Waals surface area contributed by atoms with E-state index in [1.807, 2.05) is 32.3 Å². The molecule has 0 atom stereocenters. The van der Waals surface area contributed by atoms with Gasteiger partial charge in [0.25, 0.3) is 5.91 Å². The molecule has 1 amide bonds. The predicted molar refractivity (Wildman–Crippen MR) is 73.4 cm³/mol. The summed E-state index contributed by atoms with van der Waals surface area (Å²) < 4.78 is 5.41. The van der Waals surface area contributed by atoms with Gasteiger partial charge in [-0.15, -0.1) is 0 Å². The first-order chi connectivity index (χ1) is 9.11. The maximum absolute atomic E-state index is 12.0. The molecule has 5 nitrogen and oxygen atoms in total. The number of benzene rings is 1. The molecule has 1 aromatic rings. The first-order valence-corrected chi connectivity index (χ1v) is 6.43. The average molecular weight is 264 g/mol. The number of amides is 1. The van der Waals surface area contributed by atoms with Crippen molar-refractivity contribution in [3.63, 3.8) is 0 Å². The molecular weight excluding hydrogens is 244 g/mol. The zero-order chi connectivity index (χ0) is 13.8. The van der Waals surface area contributed by atoms with E-state index in [0.29, 0.717) is 12.3 Å². The Balaban J connectivity index is 2.16. The van der Waals surface area contributed by atoms with E-state index in [9.17, 15) is 9.90 Å². The molecule has 0 radical (unpaired) electrons.